The van der Waals surface area contributed by atoms with Crippen LogP contribution in [0.25, 0.3) is 0 Å². The van der Waals surface area contributed by atoms with Crippen LogP contribution in [0.5, 0.6) is 0 Å². The van der Waals surface area contributed by atoms with Crippen LogP contribution in [0.4, 0.5) is 0 Å². The van der Waals surface area contributed by atoms with Gasteiger partial charge in [0.15, 0.2) is 0 Å². The van der Waals surface area contributed by atoms with E-state index in [9.17, 15) is 4.79 Å². The van der Waals surface area contributed by atoms with Gasteiger partial charge in [0.25, 0.3) is 0 Å². The van der Waals surface area contributed by atoms with Crippen molar-refractivity contribution < 1.29 is 4.79 Å². The van der Waals surface area contributed by atoms with E-state index >= 15 is 0 Å². The molecule has 6 nitrogen and oxygen atoms in total. The van der Waals surface area contributed by atoms with E-state index in [-0.39, 0.29) is 5.91 Å². The fraction of sp³-hybridized carbons (Fsp3) is 0.550. The molecule has 0 unspecified atom stereocenters. The van der Waals surface area contributed by atoms with Crippen LogP contribution in [0.2, 0.25) is 0 Å². The minimum Gasteiger partial charge on any atom is -0.343 e. The van der Waals surface area contributed by atoms with E-state index in [1.807, 2.05) is 4.90 Å². The molecule has 1 saturated heterocycles. The summed E-state index contributed by atoms with van der Waals surface area (Å²) in [7, 11) is 0. The Morgan fingerprint density at radius 3 is 2.74 bits per heavy atom. The Morgan fingerprint density at radius 1 is 1.19 bits per heavy atom. The number of thioether (sulfide) groups is 1. The largest absolute Gasteiger partial charge is 0.343 e. The number of hydrogen-bond acceptors (Lipinski definition) is 5. The number of likely N-dealkylation sites (tertiary alicyclic amines) is 1. The molecule has 1 aromatic heterocycles. The van der Waals surface area contributed by atoms with E-state index < -0.39 is 0 Å². The van der Waals surface area contributed by atoms with Gasteiger partial charge in [-0.25, -0.2) is 0 Å². The van der Waals surface area contributed by atoms with Crippen molar-refractivity contribution >= 4 is 17.7 Å². The fourth-order valence-electron chi connectivity index (χ4n) is 3.85. The van der Waals surface area contributed by atoms with Crippen molar-refractivity contribution in [3.63, 3.8) is 0 Å². The predicted molar refractivity (Wildman–Crippen MR) is 107 cm³/mol. The van der Waals surface area contributed by atoms with Crippen LogP contribution < -0.4 is 5.32 Å². The third kappa shape index (κ3) is 4.35. The lowest BCUT2D eigenvalue weighted by molar-refractivity contribution is -0.131. The number of rotatable bonds is 5. The monoisotopic (exact) mass is 385 g/mol. The number of aromatic nitrogens is 3. The minimum absolute atomic E-state index is 0.278. The number of carbonyl (C=O) groups is 1. The van der Waals surface area contributed by atoms with Crippen LogP contribution in [0.3, 0.4) is 0 Å². The van der Waals surface area contributed by atoms with Gasteiger partial charge in [-0.15, -0.1) is 22.0 Å². The zero-order valence-corrected chi connectivity index (χ0v) is 16.7. The topological polar surface area (TPSA) is 63.1 Å². The number of nitrogens with one attached hydrogen (secondary N) is 1. The lowest BCUT2D eigenvalue weighted by Crippen LogP contribution is -2.39. The number of nitrogens with zero attached hydrogens (tertiary/aromatic N) is 4. The Kier molecular flexibility index (Phi) is 5.78. The molecule has 1 N–H and O–H groups in total. The highest BCUT2D eigenvalue weighted by Gasteiger charge is 2.28. The number of carbonyl (C=O) groups excluding carboxylic acids is 1. The first-order valence-electron chi connectivity index (χ1n) is 9.80. The van der Waals surface area contributed by atoms with Crippen LogP contribution in [0.15, 0.2) is 29.2 Å². The standard InChI is InChI=1S/C20H27N5OS/c1-15-2-4-17(5-3-15)27-13-8-19(26)24-10-6-16(7-11-24)20-23-22-18-14-21-9-12-25(18)20/h2-5,16,21H,6-14H2,1H3. The van der Waals surface area contributed by atoms with Crippen LogP contribution in [-0.4, -0.2) is 51.0 Å². The lowest BCUT2D eigenvalue weighted by Gasteiger charge is -2.32. The van der Waals surface area contributed by atoms with Crippen molar-refractivity contribution in [1.82, 2.24) is 25.0 Å². The van der Waals surface area contributed by atoms with Gasteiger partial charge in [-0.3, -0.25) is 4.79 Å². The molecule has 2 aliphatic rings. The zero-order valence-electron chi connectivity index (χ0n) is 15.9. The highest BCUT2D eigenvalue weighted by Crippen LogP contribution is 2.28. The average molecular weight is 386 g/mol. The van der Waals surface area contributed by atoms with Crippen molar-refractivity contribution in [2.24, 2.45) is 0 Å². The second kappa shape index (κ2) is 8.44. The fourth-order valence-corrected chi connectivity index (χ4v) is 4.69. The summed E-state index contributed by atoms with van der Waals surface area (Å²) < 4.78 is 2.27. The molecule has 2 aromatic rings. The maximum atomic E-state index is 12.5. The van der Waals surface area contributed by atoms with Crippen molar-refractivity contribution in [3.05, 3.63) is 41.5 Å². The molecule has 7 heteroatoms. The molecule has 0 spiro atoms. The predicted octanol–water partition coefficient (Wildman–Crippen LogP) is 2.58. The van der Waals surface area contributed by atoms with E-state index in [2.05, 4.69) is 51.3 Å². The van der Waals surface area contributed by atoms with Gasteiger partial charge in [-0.1, -0.05) is 17.7 Å². The maximum absolute atomic E-state index is 12.5. The van der Waals surface area contributed by atoms with Crippen molar-refractivity contribution in [2.45, 2.75) is 50.1 Å². The number of amides is 1. The molecular formula is C20H27N5OS. The lowest BCUT2D eigenvalue weighted by atomic mass is 9.95. The maximum Gasteiger partial charge on any atom is 0.223 e. The van der Waals surface area contributed by atoms with E-state index in [0.717, 1.165) is 63.0 Å². The number of fused-ring (bicyclic) bond motifs is 1. The Labute approximate surface area is 164 Å². The summed E-state index contributed by atoms with van der Waals surface area (Å²) in [5.41, 5.74) is 1.27. The average Bonchev–Trinajstić information content (AvgIpc) is 3.14. The SMILES string of the molecule is Cc1ccc(SCCC(=O)N2CCC(c3nnc4n3CCNC4)CC2)cc1. The van der Waals surface area contributed by atoms with Crippen molar-refractivity contribution in [1.29, 1.82) is 0 Å². The molecule has 3 heterocycles. The number of benzene rings is 1. The molecule has 2 aliphatic heterocycles. The molecule has 0 radical (unpaired) electrons. The molecular weight excluding hydrogens is 358 g/mol. The summed E-state index contributed by atoms with van der Waals surface area (Å²) in [5.74, 6) is 3.71. The first-order valence-corrected chi connectivity index (χ1v) is 10.8. The Balaban J connectivity index is 1.24. The van der Waals surface area contributed by atoms with E-state index in [1.54, 1.807) is 11.8 Å². The first-order chi connectivity index (χ1) is 13.2. The summed E-state index contributed by atoms with van der Waals surface area (Å²) in [4.78, 5) is 15.8. The van der Waals surface area contributed by atoms with Crippen LogP contribution in [-0.2, 0) is 17.9 Å². The second-order valence-electron chi connectivity index (χ2n) is 7.37. The number of piperidine rings is 1. The molecule has 0 saturated carbocycles. The number of aryl methyl sites for hydroxylation is 1. The Bertz CT molecular complexity index is 780. The minimum atomic E-state index is 0.278. The highest BCUT2D eigenvalue weighted by atomic mass is 32.2. The molecule has 1 amide bonds. The normalized spacial score (nSPS) is 17.7. The van der Waals surface area contributed by atoms with Gasteiger partial charge >= 0.3 is 0 Å². The van der Waals surface area contributed by atoms with Gasteiger partial charge in [-0.05, 0) is 31.9 Å². The van der Waals surface area contributed by atoms with Crippen molar-refractivity contribution in [2.75, 3.05) is 25.4 Å². The van der Waals surface area contributed by atoms with Gasteiger partial charge in [0.05, 0.1) is 6.54 Å². The first kappa shape index (κ1) is 18.5. The second-order valence-corrected chi connectivity index (χ2v) is 8.54. The third-order valence-corrected chi connectivity index (χ3v) is 6.48. The van der Waals surface area contributed by atoms with E-state index in [4.69, 9.17) is 0 Å². The molecule has 0 bridgehead atoms. The van der Waals surface area contributed by atoms with E-state index in [0.29, 0.717) is 12.3 Å². The molecule has 144 valence electrons. The molecule has 0 aliphatic carbocycles. The van der Waals surface area contributed by atoms with Crippen LogP contribution in [0.1, 0.15) is 42.4 Å². The highest BCUT2D eigenvalue weighted by molar-refractivity contribution is 7.99. The quantitative estimate of drug-likeness (QED) is 0.802. The number of hydrogen-bond donors (Lipinski definition) is 1. The van der Waals surface area contributed by atoms with Crippen LogP contribution in [0, 0.1) is 6.92 Å². The van der Waals surface area contributed by atoms with Gasteiger partial charge < -0.3 is 14.8 Å². The van der Waals surface area contributed by atoms with Gasteiger partial charge in [-0.2, -0.15) is 0 Å². The van der Waals surface area contributed by atoms with Crippen LogP contribution >= 0.6 is 11.8 Å². The van der Waals surface area contributed by atoms with Gasteiger partial charge in [0.1, 0.15) is 11.6 Å². The third-order valence-electron chi connectivity index (χ3n) is 5.47. The zero-order chi connectivity index (χ0) is 18.6. The summed E-state index contributed by atoms with van der Waals surface area (Å²) in [6, 6.07) is 8.50. The summed E-state index contributed by atoms with van der Waals surface area (Å²) in [5, 5.41) is 12.1. The van der Waals surface area contributed by atoms with Crippen molar-refractivity contribution in [3.8, 4) is 0 Å². The summed E-state index contributed by atoms with van der Waals surface area (Å²) >= 11 is 1.76. The summed E-state index contributed by atoms with van der Waals surface area (Å²) in [6.45, 7) is 6.50. The van der Waals surface area contributed by atoms with Gasteiger partial charge in [0.2, 0.25) is 5.91 Å². The molecule has 27 heavy (non-hydrogen) atoms. The molecule has 1 aromatic carbocycles. The molecule has 4 rings (SSSR count). The smallest absolute Gasteiger partial charge is 0.223 e. The summed E-state index contributed by atoms with van der Waals surface area (Å²) in [6.07, 6.45) is 2.58. The molecule has 0 atom stereocenters. The van der Waals surface area contributed by atoms with E-state index in [1.165, 1.54) is 10.5 Å². The Morgan fingerprint density at radius 2 is 1.96 bits per heavy atom. The molecule has 1 fully saturated rings. The van der Waals surface area contributed by atoms with Gasteiger partial charge in [0, 0.05) is 49.2 Å². The Hall–Kier alpha value is -1.86.